The lowest BCUT2D eigenvalue weighted by molar-refractivity contribution is -0.121. The van der Waals surface area contributed by atoms with Crippen LogP contribution in [0.2, 0.25) is 0 Å². The summed E-state index contributed by atoms with van der Waals surface area (Å²) in [6.07, 6.45) is 3.06. The quantitative estimate of drug-likeness (QED) is 0.698. The molecule has 4 heteroatoms. The summed E-state index contributed by atoms with van der Waals surface area (Å²) in [5, 5.41) is 6.32. The number of nitrogens with one attached hydrogen (secondary N) is 2. The van der Waals surface area contributed by atoms with Gasteiger partial charge in [-0.2, -0.15) is 0 Å². The van der Waals surface area contributed by atoms with Crippen LogP contribution in [0.3, 0.4) is 0 Å². The molecule has 1 aliphatic heterocycles. The molecule has 16 heavy (non-hydrogen) atoms. The molecular weight excluding hydrogens is 202 g/mol. The SMILES string of the molecule is CCNC(=O)CCN1CCC(NCC)CC1. The molecule has 2 N–H and O–H groups in total. The predicted octanol–water partition coefficient (Wildman–Crippen LogP) is 0.587. The molecule has 1 saturated heterocycles. The van der Waals surface area contributed by atoms with E-state index >= 15 is 0 Å². The summed E-state index contributed by atoms with van der Waals surface area (Å²) in [4.78, 5) is 13.7. The molecule has 1 rings (SSSR count). The van der Waals surface area contributed by atoms with Crippen molar-refractivity contribution in [2.75, 3.05) is 32.7 Å². The van der Waals surface area contributed by atoms with Gasteiger partial charge in [0, 0.05) is 25.6 Å². The molecule has 0 unspecified atom stereocenters. The van der Waals surface area contributed by atoms with Crippen molar-refractivity contribution in [3.63, 3.8) is 0 Å². The number of hydrogen-bond acceptors (Lipinski definition) is 3. The topological polar surface area (TPSA) is 44.4 Å². The van der Waals surface area contributed by atoms with E-state index in [-0.39, 0.29) is 5.91 Å². The summed E-state index contributed by atoms with van der Waals surface area (Å²) in [6, 6.07) is 0.686. The van der Waals surface area contributed by atoms with Crippen LogP contribution in [-0.2, 0) is 4.79 Å². The highest BCUT2D eigenvalue weighted by molar-refractivity contribution is 5.75. The summed E-state index contributed by atoms with van der Waals surface area (Å²) in [6.45, 7) is 9.06. The molecule has 0 radical (unpaired) electrons. The molecule has 1 heterocycles. The number of amides is 1. The number of hydrogen-bond donors (Lipinski definition) is 2. The molecule has 0 aromatic carbocycles. The zero-order valence-corrected chi connectivity index (χ0v) is 10.6. The van der Waals surface area contributed by atoms with E-state index in [1.54, 1.807) is 0 Å². The third kappa shape index (κ3) is 4.94. The Morgan fingerprint density at radius 2 is 1.94 bits per heavy atom. The average molecular weight is 227 g/mol. The molecular formula is C12H25N3O. The molecule has 0 aliphatic carbocycles. The fourth-order valence-corrected chi connectivity index (χ4v) is 2.19. The molecule has 4 nitrogen and oxygen atoms in total. The average Bonchev–Trinajstić information content (AvgIpc) is 2.29. The Morgan fingerprint density at radius 3 is 2.50 bits per heavy atom. The van der Waals surface area contributed by atoms with Crippen LogP contribution in [0, 0.1) is 0 Å². The fraction of sp³-hybridized carbons (Fsp3) is 0.917. The lowest BCUT2D eigenvalue weighted by atomic mass is 10.0. The maximum atomic E-state index is 11.3. The molecule has 0 aromatic rings. The highest BCUT2D eigenvalue weighted by atomic mass is 16.1. The first-order chi connectivity index (χ1) is 7.76. The third-order valence-electron chi connectivity index (χ3n) is 3.11. The number of nitrogens with zero attached hydrogens (tertiary/aromatic N) is 1. The Bertz CT molecular complexity index is 200. The number of rotatable bonds is 6. The molecule has 0 bridgehead atoms. The van der Waals surface area contributed by atoms with E-state index in [2.05, 4.69) is 22.5 Å². The lowest BCUT2D eigenvalue weighted by Gasteiger charge is -2.32. The van der Waals surface area contributed by atoms with Gasteiger partial charge in [-0.25, -0.2) is 0 Å². The smallest absolute Gasteiger partial charge is 0.221 e. The van der Waals surface area contributed by atoms with Crippen LogP contribution in [-0.4, -0.2) is 49.6 Å². The van der Waals surface area contributed by atoms with Crippen molar-refractivity contribution in [3.05, 3.63) is 0 Å². The number of carbonyl (C=O) groups is 1. The minimum Gasteiger partial charge on any atom is -0.356 e. The van der Waals surface area contributed by atoms with Crippen LogP contribution >= 0.6 is 0 Å². The summed E-state index contributed by atoms with van der Waals surface area (Å²) >= 11 is 0. The molecule has 0 saturated carbocycles. The van der Waals surface area contributed by atoms with Gasteiger partial charge in [-0.15, -0.1) is 0 Å². The second-order valence-corrected chi connectivity index (χ2v) is 4.38. The highest BCUT2D eigenvalue weighted by Gasteiger charge is 2.18. The van der Waals surface area contributed by atoms with Gasteiger partial charge in [0.1, 0.15) is 0 Å². The maximum Gasteiger partial charge on any atom is 0.221 e. The molecule has 0 aromatic heterocycles. The summed E-state index contributed by atoms with van der Waals surface area (Å²) in [5.41, 5.74) is 0. The van der Waals surface area contributed by atoms with Crippen molar-refractivity contribution < 1.29 is 4.79 Å². The Hall–Kier alpha value is -0.610. The first kappa shape index (κ1) is 13.5. The second-order valence-electron chi connectivity index (χ2n) is 4.38. The van der Waals surface area contributed by atoms with Crippen molar-refractivity contribution in [1.82, 2.24) is 15.5 Å². The Kier molecular flexibility index (Phi) is 6.42. The minimum absolute atomic E-state index is 0.177. The Labute approximate surface area is 98.8 Å². The number of carbonyl (C=O) groups excluding carboxylic acids is 1. The van der Waals surface area contributed by atoms with Gasteiger partial charge in [0.05, 0.1) is 0 Å². The summed E-state index contributed by atoms with van der Waals surface area (Å²) in [5.74, 6) is 0.177. The van der Waals surface area contributed by atoms with Crippen LogP contribution in [0.5, 0.6) is 0 Å². The van der Waals surface area contributed by atoms with Crippen molar-refractivity contribution in [1.29, 1.82) is 0 Å². The molecule has 94 valence electrons. The van der Waals surface area contributed by atoms with E-state index in [9.17, 15) is 4.79 Å². The normalized spacial score (nSPS) is 18.6. The zero-order valence-electron chi connectivity index (χ0n) is 10.6. The molecule has 1 amide bonds. The second kappa shape index (κ2) is 7.63. The van der Waals surface area contributed by atoms with Crippen LogP contribution in [0.25, 0.3) is 0 Å². The van der Waals surface area contributed by atoms with Gasteiger partial charge in [-0.1, -0.05) is 6.92 Å². The molecule has 0 atom stereocenters. The van der Waals surface area contributed by atoms with Crippen molar-refractivity contribution in [2.24, 2.45) is 0 Å². The van der Waals surface area contributed by atoms with Crippen LogP contribution in [0.4, 0.5) is 0 Å². The standard InChI is InChI=1S/C12H25N3O/c1-3-13-11-5-8-15(9-6-11)10-7-12(16)14-4-2/h11,13H,3-10H2,1-2H3,(H,14,16). The summed E-state index contributed by atoms with van der Waals surface area (Å²) in [7, 11) is 0. The monoisotopic (exact) mass is 227 g/mol. The highest BCUT2D eigenvalue weighted by Crippen LogP contribution is 2.10. The van der Waals surface area contributed by atoms with E-state index in [1.165, 1.54) is 12.8 Å². The lowest BCUT2D eigenvalue weighted by Crippen LogP contribution is -2.43. The number of likely N-dealkylation sites (tertiary alicyclic amines) is 1. The molecule has 1 fully saturated rings. The van der Waals surface area contributed by atoms with Crippen molar-refractivity contribution in [3.8, 4) is 0 Å². The van der Waals surface area contributed by atoms with E-state index < -0.39 is 0 Å². The third-order valence-corrected chi connectivity index (χ3v) is 3.11. The minimum atomic E-state index is 0.177. The van der Waals surface area contributed by atoms with Gasteiger partial charge in [-0.3, -0.25) is 4.79 Å². The van der Waals surface area contributed by atoms with Crippen molar-refractivity contribution in [2.45, 2.75) is 39.2 Å². The van der Waals surface area contributed by atoms with E-state index in [4.69, 9.17) is 0 Å². The first-order valence-corrected chi connectivity index (χ1v) is 6.48. The van der Waals surface area contributed by atoms with Gasteiger partial charge in [0.2, 0.25) is 5.91 Å². The maximum absolute atomic E-state index is 11.3. The van der Waals surface area contributed by atoms with Crippen molar-refractivity contribution >= 4 is 5.91 Å². The largest absolute Gasteiger partial charge is 0.356 e. The summed E-state index contributed by atoms with van der Waals surface area (Å²) < 4.78 is 0. The molecule has 1 aliphatic rings. The predicted molar refractivity (Wildman–Crippen MR) is 66.4 cm³/mol. The fourth-order valence-electron chi connectivity index (χ4n) is 2.19. The van der Waals surface area contributed by atoms with Crippen LogP contribution in [0.15, 0.2) is 0 Å². The molecule has 0 spiro atoms. The number of piperidine rings is 1. The Balaban J connectivity index is 2.10. The zero-order chi connectivity index (χ0) is 11.8. The van der Waals surface area contributed by atoms with E-state index in [1.807, 2.05) is 6.92 Å². The van der Waals surface area contributed by atoms with Gasteiger partial charge < -0.3 is 15.5 Å². The van der Waals surface area contributed by atoms with Gasteiger partial charge in [0.15, 0.2) is 0 Å². The van der Waals surface area contributed by atoms with Crippen LogP contribution in [0.1, 0.15) is 33.1 Å². The van der Waals surface area contributed by atoms with Gasteiger partial charge >= 0.3 is 0 Å². The first-order valence-electron chi connectivity index (χ1n) is 6.48. The van der Waals surface area contributed by atoms with Gasteiger partial charge in [0.25, 0.3) is 0 Å². The Morgan fingerprint density at radius 1 is 1.25 bits per heavy atom. The van der Waals surface area contributed by atoms with E-state index in [0.717, 1.165) is 32.7 Å². The van der Waals surface area contributed by atoms with Gasteiger partial charge in [-0.05, 0) is 39.4 Å². The van der Waals surface area contributed by atoms with Crippen LogP contribution < -0.4 is 10.6 Å². The van der Waals surface area contributed by atoms with E-state index in [0.29, 0.717) is 12.5 Å².